The van der Waals surface area contributed by atoms with Crippen molar-refractivity contribution in [3.8, 4) is 0 Å². The van der Waals surface area contributed by atoms with Crippen LogP contribution >= 0.6 is 0 Å². The SMILES string of the molecule is COCC1CC(C)(C)C2NC(=O)CC34CCC1(C(=O)O)C2C3=CCC1C2(C)CCC(OC3OC(C(=O)O)C(O)C(O)C3O)C(C)(C)C2CCC14C. The van der Waals surface area contributed by atoms with E-state index in [2.05, 4.69) is 52.9 Å². The molecule has 15 unspecified atom stereocenters. The van der Waals surface area contributed by atoms with Crippen LogP contribution in [0.1, 0.15) is 99.3 Å². The number of carbonyl (C=O) groups excluding carboxylic acids is 1. The maximum atomic E-state index is 14.2. The quantitative estimate of drug-likeness (QED) is 0.174. The van der Waals surface area contributed by atoms with Crippen molar-refractivity contribution in [2.24, 2.45) is 56.2 Å². The summed E-state index contributed by atoms with van der Waals surface area (Å²) in [5.74, 6) is -2.33. The number of rotatable bonds is 6. The Balaban J connectivity index is 1.25. The normalized spacial score (nSPS) is 51.1. The van der Waals surface area contributed by atoms with Crippen molar-refractivity contribution in [2.45, 2.75) is 142 Å². The first kappa shape index (κ1) is 37.2. The molecule has 12 nitrogen and oxygen atoms in total. The van der Waals surface area contributed by atoms with Gasteiger partial charge in [0.15, 0.2) is 12.4 Å². The van der Waals surface area contributed by atoms with Gasteiger partial charge >= 0.3 is 11.9 Å². The van der Waals surface area contributed by atoms with Crippen molar-refractivity contribution in [2.75, 3.05) is 13.7 Å². The van der Waals surface area contributed by atoms with E-state index in [1.54, 1.807) is 7.11 Å². The molecule has 6 fully saturated rings. The van der Waals surface area contributed by atoms with Gasteiger partial charge in [0, 0.05) is 30.9 Å². The molecule has 1 amide bonds. The second kappa shape index (κ2) is 12.0. The van der Waals surface area contributed by atoms with E-state index in [4.69, 9.17) is 14.2 Å². The Morgan fingerprint density at radius 1 is 0.941 bits per heavy atom. The van der Waals surface area contributed by atoms with Crippen LogP contribution in [0.2, 0.25) is 0 Å². The summed E-state index contributed by atoms with van der Waals surface area (Å²) < 4.78 is 17.6. The van der Waals surface area contributed by atoms with Crippen LogP contribution in [-0.4, -0.2) is 99.9 Å². The van der Waals surface area contributed by atoms with E-state index in [1.165, 1.54) is 5.57 Å². The van der Waals surface area contributed by atoms with E-state index in [9.17, 15) is 39.9 Å². The Hall–Kier alpha value is -2.09. The van der Waals surface area contributed by atoms with Gasteiger partial charge in [-0.15, -0.1) is 0 Å². The number of fused-ring (bicyclic) bond motifs is 3. The van der Waals surface area contributed by atoms with Crippen LogP contribution < -0.4 is 5.32 Å². The number of allylic oxidation sites excluding steroid dienone is 1. The number of aliphatic hydroxyl groups excluding tert-OH is 3. The van der Waals surface area contributed by atoms with Crippen LogP contribution in [0.25, 0.3) is 0 Å². The van der Waals surface area contributed by atoms with E-state index in [1.807, 2.05) is 0 Å². The van der Waals surface area contributed by atoms with Crippen LogP contribution in [0.15, 0.2) is 11.6 Å². The molecule has 2 bridgehead atoms. The lowest BCUT2D eigenvalue weighted by Crippen LogP contribution is -2.69. The highest BCUT2D eigenvalue weighted by atomic mass is 16.7. The minimum absolute atomic E-state index is 0.0115. The van der Waals surface area contributed by atoms with Crippen LogP contribution in [-0.2, 0) is 28.6 Å². The van der Waals surface area contributed by atoms with E-state index in [-0.39, 0.29) is 51.9 Å². The molecule has 0 radical (unpaired) electrons. The van der Waals surface area contributed by atoms with E-state index in [0.717, 1.165) is 25.7 Å². The number of nitrogens with one attached hydrogen (secondary N) is 1. The molecule has 5 aliphatic carbocycles. The van der Waals surface area contributed by atoms with Crippen molar-refractivity contribution in [3.63, 3.8) is 0 Å². The third-order valence-electron chi connectivity index (χ3n) is 16.4. The molecule has 2 saturated heterocycles. The summed E-state index contributed by atoms with van der Waals surface area (Å²) in [6, 6.07) is -0.293. The van der Waals surface area contributed by atoms with Crippen molar-refractivity contribution >= 4 is 17.8 Å². The van der Waals surface area contributed by atoms with Gasteiger partial charge in [0.2, 0.25) is 5.91 Å². The number of aliphatic carboxylic acids is 2. The van der Waals surface area contributed by atoms with Crippen molar-refractivity contribution < 1.29 is 54.1 Å². The first-order valence-corrected chi connectivity index (χ1v) is 19.0. The van der Waals surface area contributed by atoms with E-state index < -0.39 is 65.0 Å². The highest BCUT2D eigenvalue weighted by Gasteiger charge is 2.74. The first-order valence-electron chi connectivity index (χ1n) is 19.0. The number of hydrogen-bond donors (Lipinski definition) is 6. The van der Waals surface area contributed by atoms with Crippen molar-refractivity contribution in [3.05, 3.63) is 11.6 Å². The molecular formula is C39H59NO11. The summed E-state index contributed by atoms with van der Waals surface area (Å²) in [4.78, 5) is 39.6. The molecule has 7 rings (SSSR count). The second-order valence-corrected chi connectivity index (χ2v) is 19.2. The Kier molecular flexibility index (Phi) is 8.73. The van der Waals surface area contributed by atoms with Gasteiger partial charge < -0.3 is 45.1 Å². The zero-order valence-electron chi connectivity index (χ0n) is 31.2. The van der Waals surface area contributed by atoms with Gasteiger partial charge in [-0.25, -0.2) is 4.79 Å². The highest BCUT2D eigenvalue weighted by Crippen LogP contribution is 2.77. The number of aliphatic hydroxyl groups is 3. The number of carboxylic acid groups (broad SMARTS) is 2. The third-order valence-corrected chi connectivity index (χ3v) is 16.4. The molecule has 0 spiro atoms. The van der Waals surface area contributed by atoms with Crippen LogP contribution in [0, 0.1) is 56.2 Å². The lowest BCUT2D eigenvalue weighted by atomic mass is 9.32. The molecule has 0 aromatic heterocycles. The Labute approximate surface area is 300 Å². The molecule has 2 aliphatic heterocycles. The summed E-state index contributed by atoms with van der Waals surface area (Å²) in [6.07, 6.45) is -0.258. The smallest absolute Gasteiger partial charge is 0.335 e. The van der Waals surface area contributed by atoms with Gasteiger partial charge in [-0.1, -0.05) is 53.2 Å². The van der Waals surface area contributed by atoms with Gasteiger partial charge in [0.1, 0.15) is 18.3 Å². The molecule has 15 atom stereocenters. The lowest BCUT2D eigenvalue weighted by molar-refractivity contribution is -0.324. The van der Waals surface area contributed by atoms with Gasteiger partial charge in [-0.3, -0.25) is 9.59 Å². The zero-order chi connectivity index (χ0) is 37.3. The Morgan fingerprint density at radius 2 is 1.65 bits per heavy atom. The van der Waals surface area contributed by atoms with Crippen molar-refractivity contribution in [1.29, 1.82) is 0 Å². The molecule has 0 aromatic rings. The van der Waals surface area contributed by atoms with Gasteiger partial charge in [-0.2, -0.15) is 0 Å². The molecule has 12 heteroatoms. The number of hydrogen-bond acceptors (Lipinski definition) is 9. The number of carbonyl (C=O) groups is 3. The lowest BCUT2D eigenvalue weighted by Gasteiger charge is -2.72. The fraction of sp³-hybridized carbons (Fsp3) is 0.872. The van der Waals surface area contributed by atoms with Crippen LogP contribution in [0.5, 0.6) is 0 Å². The third kappa shape index (κ3) is 4.88. The summed E-state index contributed by atoms with van der Waals surface area (Å²) >= 11 is 0. The fourth-order valence-corrected chi connectivity index (χ4v) is 14.0. The monoisotopic (exact) mass is 717 g/mol. The summed E-state index contributed by atoms with van der Waals surface area (Å²) in [5.41, 5.74) is -1.50. The molecule has 286 valence electrons. The van der Waals surface area contributed by atoms with Crippen LogP contribution in [0.4, 0.5) is 0 Å². The molecule has 0 aromatic carbocycles. The maximum Gasteiger partial charge on any atom is 0.335 e. The van der Waals surface area contributed by atoms with E-state index in [0.29, 0.717) is 38.7 Å². The number of ether oxygens (including phenoxy) is 3. The molecule has 2 heterocycles. The van der Waals surface area contributed by atoms with Gasteiger partial charge in [0.05, 0.1) is 18.1 Å². The van der Waals surface area contributed by atoms with Gasteiger partial charge in [0.25, 0.3) is 0 Å². The average molecular weight is 718 g/mol. The molecule has 6 N–H and O–H groups in total. The molecular weight excluding hydrogens is 658 g/mol. The molecule has 51 heavy (non-hydrogen) atoms. The maximum absolute atomic E-state index is 14.2. The van der Waals surface area contributed by atoms with E-state index >= 15 is 0 Å². The number of methoxy groups -OCH3 is 1. The predicted molar refractivity (Wildman–Crippen MR) is 183 cm³/mol. The van der Waals surface area contributed by atoms with Gasteiger partial charge in [-0.05, 0) is 90.8 Å². The molecule has 4 saturated carbocycles. The fourth-order valence-electron chi connectivity index (χ4n) is 14.0. The van der Waals surface area contributed by atoms with Crippen molar-refractivity contribution in [1.82, 2.24) is 5.32 Å². The largest absolute Gasteiger partial charge is 0.481 e. The summed E-state index contributed by atoms with van der Waals surface area (Å²) in [5, 5.41) is 55.6. The average Bonchev–Trinajstić information content (AvgIpc) is 3.14. The first-order chi connectivity index (χ1) is 23.7. The highest BCUT2D eigenvalue weighted by molar-refractivity contribution is 5.82. The Bertz CT molecular complexity index is 1490. The zero-order valence-corrected chi connectivity index (χ0v) is 31.2. The minimum Gasteiger partial charge on any atom is -0.481 e. The molecule has 7 aliphatic rings. The second-order valence-electron chi connectivity index (χ2n) is 19.2. The Morgan fingerprint density at radius 3 is 2.29 bits per heavy atom. The summed E-state index contributed by atoms with van der Waals surface area (Å²) in [6.45, 7) is 13.8. The standard InChI is InChI=1S/C39H59NO11/c1-34(2)16-19(18-49-7)39(33(47)48)15-14-38-17-24(41)40-30(34)25(39)20(38)8-9-22-36(5)12-11-23(35(3,4)21(36)10-13-37(22,38)6)50-32-28(44)26(42)27(43)29(51-32)31(45)46/h8,19,21-23,25-30,32,42-44H,9-18H2,1-7H3,(H,40,41)(H,45,46)(H,47,48). The minimum atomic E-state index is -1.79. The predicted octanol–water partition coefficient (Wildman–Crippen LogP) is 3.50. The summed E-state index contributed by atoms with van der Waals surface area (Å²) in [7, 11) is 1.65. The topological polar surface area (TPSA) is 192 Å². The van der Waals surface area contributed by atoms with Crippen LogP contribution in [0.3, 0.4) is 0 Å². The number of amides is 1. The number of carboxylic acids is 2.